The van der Waals surface area contributed by atoms with Gasteiger partial charge in [-0.05, 0) is 31.4 Å². The van der Waals surface area contributed by atoms with E-state index in [0.717, 1.165) is 24.8 Å². The molecular weight excluding hydrogens is 286 g/mol. The maximum Gasteiger partial charge on any atom is 0.191 e. The van der Waals surface area contributed by atoms with Crippen LogP contribution >= 0.6 is 0 Å². The van der Waals surface area contributed by atoms with Gasteiger partial charge in [-0.3, -0.25) is 4.99 Å². The van der Waals surface area contributed by atoms with Gasteiger partial charge in [-0.2, -0.15) is 0 Å². The highest BCUT2D eigenvalue weighted by molar-refractivity contribution is 5.80. The van der Waals surface area contributed by atoms with Crippen LogP contribution in [0.4, 0.5) is 0 Å². The topological polar surface area (TPSA) is 45.7 Å². The molecule has 0 aromatic heterocycles. The second-order valence-corrected chi connectivity index (χ2v) is 6.34. The summed E-state index contributed by atoms with van der Waals surface area (Å²) in [5, 5.41) is 6.97. The summed E-state index contributed by atoms with van der Waals surface area (Å²) in [7, 11) is 1.73. The van der Waals surface area contributed by atoms with Gasteiger partial charge < -0.3 is 15.4 Å². The molecule has 1 unspecified atom stereocenters. The van der Waals surface area contributed by atoms with E-state index in [4.69, 9.17) is 9.73 Å². The first kappa shape index (κ1) is 17.6. The Morgan fingerprint density at radius 3 is 2.70 bits per heavy atom. The molecule has 1 aromatic rings. The Morgan fingerprint density at radius 2 is 2.00 bits per heavy atom. The number of rotatable bonds is 6. The van der Waals surface area contributed by atoms with E-state index in [9.17, 15) is 0 Å². The number of benzene rings is 1. The largest absolute Gasteiger partial charge is 0.496 e. The Labute approximate surface area is 140 Å². The molecule has 1 aliphatic rings. The smallest absolute Gasteiger partial charge is 0.191 e. The van der Waals surface area contributed by atoms with Crippen LogP contribution in [0.25, 0.3) is 0 Å². The molecule has 0 saturated heterocycles. The lowest BCUT2D eigenvalue weighted by atomic mass is 9.96. The van der Waals surface area contributed by atoms with E-state index in [2.05, 4.69) is 36.6 Å². The van der Waals surface area contributed by atoms with Gasteiger partial charge in [0.2, 0.25) is 0 Å². The maximum atomic E-state index is 5.46. The number of para-hydroxylation sites is 1. The van der Waals surface area contributed by atoms with Crippen molar-refractivity contribution in [2.45, 2.75) is 57.9 Å². The second kappa shape index (κ2) is 9.43. The Kier molecular flexibility index (Phi) is 7.24. The molecule has 1 fully saturated rings. The minimum atomic E-state index is 0.327. The van der Waals surface area contributed by atoms with E-state index in [1.54, 1.807) is 7.11 Å². The summed E-state index contributed by atoms with van der Waals surface area (Å²) < 4.78 is 5.46. The lowest BCUT2D eigenvalue weighted by molar-refractivity contribution is 0.406. The molecule has 0 bridgehead atoms. The monoisotopic (exact) mass is 317 g/mol. The lowest BCUT2D eigenvalue weighted by Gasteiger charge is -2.25. The number of aliphatic imine (C=N–C) groups is 1. The van der Waals surface area contributed by atoms with Crippen molar-refractivity contribution in [3.05, 3.63) is 29.8 Å². The predicted octanol–water partition coefficient (Wildman–Crippen LogP) is 3.69. The standard InChI is InChI=1S/C19H31N3O/c1-4-20-19(22-16-10-6-5-7-11-16)21-14-15(2)17-12-8-9-13-18(17)23-3/h8-9,12-13,15-16H,4-7,10-11,14H2,1-3H3,(H2,20,21,22). The van der Waals surface area contributed by atoms with Crippen LogP contribution in [-0.4, -0.2) is 32.2 Å². The molecule has 0 radical (unpaired) electrons. The van der Waals surface area contributed by atoms with Crippen LogP contribution in [0.2, 0.25) is 0 Å². The van der Waals surface area contributed by atoms with Crippen LogP contribution in [0.5, 0.6) is 5.75 Å². The van der Waals surface area contributed by atoms with Crippen LogP contribution in [0, 0.1) is 0 Å². The fraction of sp³-hybridized carbons (Fsp3) is 0.632. The molecule has 2 rings (SSSR count). The van der Waals surface area contributed by atoms with Gasteiger partial charge in [0.1, 0.15) is 5.75 Å². The Bertz CT molecular complexity index is 495. The lowest BCUT2D eigenvalue weighted by Crippen LogP contribution is -2.44. The normalized spacial score (nSPS) is 17.6. The van der Waals surface area contributed by atoms with Gasteiger partial charge in [-0.1, -0.05) is 44.4 Å². The van der Waals surface area contributed by atoms with Crippen molar-refractivity contribution in [3.63, 3.8) is 0 Å². The molecule has 1 aliphatic carbocycles. The van der Waals surface area contributed by atoms with Crippen LogP contribution in [0.15, 0.2) is 29.3 Å². The van der Waals surface area contributed by atoms with Crippen molar-refractivity contribution in [2.75, 3.05) is 20.2 Å². The number of nitrogens with one attached hydrogen (secondary N) is 2. The average Bonchev–Trinajstić information content (AvgIpc) is 2.60. The van der Waals surface area contributed by atoms with Gasteiger partial charge in [-0.15, -0.1) is 0 Å². The van der Waals surface area contributed by atoms with Crippen LogP contribution in [0.1, 0.15) is 57.4 Å². The molecule has 0 aliphatic heterocycles. The van der Waals surface area contributed by atoms with Crippen LogP contribution in [-0.2, 0) is 0 Å². The second-order valence-electron chi connectivity index (χ2n) is 6.34. The van der Waals surface area contributed by atoms with Crippen molar-refractivity contribution < 1.29 is 4.74 Å². The summed E-state index contributed by atoms with van der Waals surface area (Å²) >= 11 is 0. The molecule has 4 nitrogen and oxygen atoms in total. The quantitative estimate of drug-likeness (QED) is 0.621. The molecule has 0 amide bonds. The summed E-state index contributed by atoms with van der Waals surface area (Å²) in [5.41, 5.74) is 1.22. The number of nitrogens with zero attached hydrogens (tertiary/aromatic N) is 1. The zero-order valence-corrected chi connectivity index (χ0v) is 14.8. The predicted molar refractivity (Wildman–Crippen MR) is 97.4 cm³/mol. The molecule has 0 heterocycles. The van der Waals surface area contributed by atoms with E-state index in [1.165, 1.54) is 37.7 Å². The zero-order valence-electron chi connectivity index (χ0n) is 14.8. The first-order chi connectivity index (χ1) is 11.2. The van der Waals surface area contributed by atoms with Crippen LogP contribution < -0.4 is 15.4 Å². The highest BCUT2D eigenvalue weighted by Crippen LogP contribution is 2.26. The molecular formula is C19H31N3O. The fourth-order valence-electron chi connectivity index (χ4n) is 3.16. The Hall–Kier alpha value is -1.71. The van der Waals surface area contributed by atoms with Gasteiger partial charge >= 0.3 is 0 Å². The summed E-state index contributed by atoms with van der Waals surface area (Å²) in [5.74, 6) is 2.22. The molecule has 0 spiro atoms. The third kappa shape index (κ3) is 5.45. The highest BCUT2D eigenvalue weighted by Gasteiger charge is 2.15. The van der Waals surface area contributed by atoms with Crippen LogP contribution in [0.3, 0.4) is 0 Å². The van der Waals surface area contributed by atoms with E-state index >= 15 is 0 Å². The minimum absolute atomic E-state index is 0.327. The van der Waals surface area contributed by atoms with Gasteiger partial charge in [0.15, 0.2) is 5.96 Å². The minimum Gasteiger partial charge on any atom is -0.496 e. The SMILES string of the molecule is CCNC(=NCC(C)c1ccccc1OC)NC1CCCCC1. The molecule has 1 aromatic carbocycles. The van der Waals surface area contributed by atoms with E-state index in [1.807, 2.05) is 12.1 Å². The van der Waals surface area contributed by atoms with E-state index in [-0.39, 0.29) is 0 Å². The zero-order chi connectivity index (χ0) is 16.5. The molecule has 1 atom stereocenters. The summed E-state index contributed by atoms with van der Waals surface area (Å²) in [4.78, 5) is 4.80. The van der Waals surface area contributed by atoms with Gasteiger partial charge in [-0.25, -0.2) is 0 Å². The van der Waals surface area contributed by atoms with Crippen molar-refractivity contribution in [1.29, 1.82) is 0 Å². The van der Waals surface area contributed by atoms with E-state index in [0.29, 0.717) is 12.0 Å². The first-order valence-electron chi connectivity index (χ1n) is 8.92. The van der Waals surface area contributed by atoms with E-state index < -0.39 is 0 Å². The Balaban J connectivity index is 1.98. The Morgan fingerprint density at radius 1 is 1.26 bits per heavy atom. The third-order valence-corrected chi connectivity index (χ3v) is 4.48. The third-order valence-electron chi connectivity index (χ3n) is 4.48. The maximum absolute atomic E-state index is 5.46. The summed E-state index contributed by atoms with van der Waals surface area (Å²) in [6, 6.07) is 8.78. The fourth-order valence-corrected chi connectivity index (χ4v) is 3.16. The molecule has 1 saturated carbocycles. The van der Waals surface area contributed by atoms with Gasteiger partial charge in [0.05, 0.1) is 7.11 Å². The van der Waals surface area contributed by atoms with Crippen molar-refractivity contribution >= 4 is 5.96 Å². The number of methoxy groups -OCH3 is 1. The van der Waals surface area contributed by atoms with Gasteiger partial charge in [0.25, 0.3) is 0 Å². The summed E-state index contributed by atoms with van der Waals surface area (Å²) in [6.07, 6.45) is 6.54. The molecule has 4 heteroatoms. The van der Waals surface area contributed by atoms with Crippen molar-refractivity contribution in [2.24, 2.45) is 4.99 Å². The first-order valence-corrected chi connectivity index (χ1v) is 8.92. The number of guanidine groups is 1. The number of hydrogen-bond acceptors (Lipinski definition) is 2. The molecule has 2 N–H and O–H groups in total. The number of hydrogen-bond donors (Lipinski definition) is 2. The summed E-state index contributed by atoms with van der Waals surface area (Å²) in [6.45, 7) is 5.96. The van der Waals surface area contributed by atoms with Crippen molar-refractivity contribution in [1.82, 2.24) is 10.6 Å². The van der Waals surface area contributed by atoms with Crippen molar-refractivity contribution in [3.8, 4) is 5.75 Å². The van der Waals surface area contributed by atoms with Gasteiger partial charge in [0, 0.05) is 25.0 Å². The highest BCUT2D eigenvalue weighted by atomic mass is 16.5. The molecule has 23 heavy (non-hydrogen) atoms. The number of ether oxygens (including phenoxy) is 1. The average molecular weight is 317 g/mol. The molecule has 128 valence electrons.